The highest BCUT2D eigenvalue weighted by Crippen LogP contribution is 2.25. The number of nitrogens with one attached hydrogen (secondary N) is 3. The molecule has 3 N–H and O–H groups in total. The Labute approximate surface area is 143 Å². The molecule has 132 valence electrons. The largest absolute Gasteiger partial charge is 0.341 e. The third-order valence-corrected chi connectivity index (χ3v) is 5.08. The molecule has 1 aromatic carbocycles. The van der Waals surface area contributed by atoms with Crippen LogP contribution in [0.25, 0.3) is 0 Å². The molecule has 1 aromatic rings. The van der Waals surface area contributed by atoms with Crippen LogP contribution >= 0.6 is 0 Å². The minimum Gasteiger partial charge on any atom is -0.341 e. The van der Waals surface area contributed by atoms with Gasteiger partial charge in [-0.15, -0.1) is 0 Å². The maximum absolute atomic E-state index is 13.0. The van der Waals surface area contributed by atoms with Gasteiger partial charge < -0.3 is 10.2 Å². The first kappa shape index (κ1) is 17.3. The number of hydrazine groups is 1. The molecule has 5 nitrogen and oxygen atoms in total. The van der Waals surface area contributed by atoms with Crippen molar-refractivity contribution in [1.82, 2.24) is 21.1 Å². The molecule has 0 aromatic heterocycles. The van der Waals surface area contributed by atoms with E-state index < -0.39 is 0 Å². The van der Waals surface area contributed by atoms with Crippen LogP contribution < -0.4 is 16.2 Å². The minimum atomic E-state index is -0.238. The SMILES string of the molecule is CCNCC1CCN(C(=O)C2CC(c3ccc(F)cc3)NN2)CC1. The van der Waals surface area contributed by atoms with Gasteiger partial charge >= 0.3 is 0 Å². The van der Waals surface area contributed by atoms with Gasteiger partial charge in [-0.25, -0.2) is 15.2 Å². The Kier molecular flexibility index (Phi) is 5.81. The predicted molar refractivity (Wildman–Crippen MR) is 91.7 cm³/mol. The molecule has 0 radical (unpaired) electrons. The Morgan fingerprint density at radius 3 is 2.62 bits per heavy atom. The fraction of sp³-hybridized carbons (Fsp3) is 0.611. The van der Waals surface area contributed by atoms with Crippen molar-refractivity contribution in [2.45, 2.75) is 38.3 Å². The Bertz CT molecular complexity index is 542. The van der Waals surface area contributed by atoms with Crippen molar-refractivity contribution in [3.05, 3.63) is 35.6 Å². The first-order valence-corrected chi connectivity index (χ1v) is 8.93. The summed E-state index contributed by atoms with van der Waals surface area (Å²) in [7, 11) is 0. The average molecular weight is 334 g/mol. The summed E-state index contributed by atoms with van der Waals surface area (Å²) in [5, 5.41) is 3.39. The van der Waals surface area contributed by atoms with Crippen LogP contribution in [0.5, 0.6) is 0 Å². The van der Waals surface area contributed by atoms with Gasteiger partial charge in [0.1, 0.15) is 11.9 Å². The van der Waals surface area contributed by atoms with E-state index in [1.807, 2.05) is 4.90 Å². The summed E-state index contributed by atoms with van der Waals surface area (Å²) in [5.74, 6) is 0.613. The lowest BCUT2D eigenvalue weighted by atomic mass is 9.95. The molecule has 6 heteroatoms. The number of likely N-dealkylation sites (tertiary alicyclic amines) is 1. The first-order valence-electron chi connectivity index (χ1n) is 8.93. The van der Waals surface area contributed by atoms with Gasteiger partial charge in [-0.05, 0) is 56.0 Å². The molecule has 1 amide bonds. The number of piperidine rings is 1. The second-order valence-corrected chi connectivity index (χ2v) is 6.76. The molecule has 24 heavy (non-hydrogen) atoms. The van der Waals surface area contributed by atoms with Crippen LogP contribution in [0.15, 0.2) is 24.3 Å². The third-order valence-electron chi connectivity index (χ3n) is 5.08. The minimum absolute atomic E-state index is 0.0471. The van der Waals surface area contributed by atoms with Crippen molar-refractivity contribution in [1.29, 1.82) is 0 Å². The first-order chi connectivity index (χ1) is 11.7. The lowest BCUT2D eigenvalue weighted by Crippen LogP contribution is -2.49. The average Bonchev–Trinajstić information content (AvgIpc) is 3.10. The second-order valence-electron chi connectivity index (χ2n) is 6.76. The molecular formula is C18H27FN4O. The number of rotatable bonds is 5. The molecule has 2 fully saturated rings. The van der Waals surface area contributed by atoms with Crippen LogP contribution in [-0.4, -0.2) is 43.0 Å². The van der Waals surface area contributed by atoms with Crippen molar-refractivity contribution < 1.29 is 9.18 Å². The zero-order valence-corrected chi connectivity index (χ0v) is 14.2. The van der Waals surface area contributed by atoms with Crippen molar-refractivity contribution in [3.63, 3.8) is 0 Å². The standard InChI is InChI=1S/C18H27FN4O/c1-2-20-12-13-7-9-23(10-8-13)18(24)17-11-16(21-22-17)14-3-5-15(19)6-4-14/h3-6,13,16-17,20-22H,2,7-12H2,1H3. The van der Waals surface area contributed by atoms with E-state index in [0.29, 0.717) is 12.3 Å². The molecule has 2 atom stereocenters. The third kappa shape index (κ3) is 4.12. The van der Waals surface area contributed by atoms with Gasteiger partial charge in [0.25, 0.3) is 0 Å². The summed E-state index contributed by atoms with van der Waals surface area (Å²) in [6.45, 7) is 5.85. The van der Waals surface area contributed by atoms with E-state index in [4.69, 9.17) is 0 Å². The van der Waals surface area contributed by atoms with Crippen molar-refractivity contribution in [3.8, 4) is 0 Å². The zero-order valence-electron chi connectivity index (χ0n) is 14.2. The summed E-state index contributed by atoms with van der Waals surface area (Å²) in [4.78, 5) is 14.7. The summed E-state index contributed by atoms with van der Waals surface area (Å²) in [6.07, 6.45) is 2.84. The highest BCUT2D eigenvalue weighted by atomic mass is 19.1. The number of carbonyl (C=O) groups is 1. The van der Waals surface area contributed by atoms with E-state index in [1.54, 1.807) is 12.1 Å². The summed E-state index contributed by atoms with van der Waals surface area (Å²) in [5.41, 5.74) is 7.29. The quantitative estimate of drug-likeness (QED) is 0.765. The summed E-state index contributed by atoms with van der Waals surface area (Å²) >= 11 is 0. The van der Waals surface area contributed by atoms with Gasteiger partial charge in [-0.2, -0.15) is 0 Å². The van der Waals surface area contributed by atoms with Crippen LogP contribution in [0.4, 0.5) is 4.39 Å². The number of hydrogen-bond acceptors (Lipinski definition) is 4. The molecule has 3 rings (SSSR count). The van der Waals surface area contributed by atoms with Gasteiger partial charge in [0.2, 0.25) is 5.91 Å². The lowest BCUT2D eigenvalue weighted by molar-refractivity contribution is -0.134. The van der Waals surface area contributed by atoms with Gasteiger partial charge in [0.05, 0.1) is 0 Å². The van der Waals surface area contributed by atoms with Gasteiger partial charge in [-0.3, -0.25) is 4.79 Å². The van der Waals surface area contributed by atoms with Gasteiger partial charge in [-0.1, -0.05) is 19.1 Å². The zero-order chi connectivity index (χ0) is 16.9. The molecular weight excluding hydrogens is 307 g/mol. The highest BCUT2D eigenvalue weighted by molar-refractivity contribution is 5.82. The maximum atomic E-state index is 13.0. The Balaban J connectivity index is 1.49. The molecule has 0 spiro atoms. The smallest absolute Gasteiger partial charge is 0.241 e. The molecule has 0 saturated carbocycles. The van der Waals surface area contributed by atoms with Crippen LogP contribution in [0.3, 0.4) is 0 Å². The van der Waals surface area contributed by atoms with Crippen molar-refractivity contribution in [2.24, 2.45) is 5.92 Å². The van der Waals surface area contributed by atoms with E-state index in [0.717, 1.165) is 44.6 Å². The molecule has 2 aliphatic rings. The normalized spacial score (nSPS) is 25.2. The van der Waals surface area contributed by atoms with Crippen LogP contribution in [0, 0.1) is 11.7 Å². The van der Waals surface area contributed by atoms with Gasteiger partial charge in [0, 0.05) is 19.1 Å². The van der Waals surface area contributed by atoms with Crippen LogP contribution in [-0.2, 0) is 4.79 Å². The van der Waals surface area contributed by atoms with Gasteiger partial charge in [0.15, 0.2) is 0 Å². The Hall–Kier alpha value is -1.50. The molecule has 2 aliphatic heterocycles. The van der Waals surface area contributed by atoms with E-state index in [2.05, 4.69) is 23.1 Å². The highest BCUT2D eigenvalue weighted by Gasteiger charge is 2.34. The Morgan fingerprint density at radius 2 is 1.96 bits per heavy atom. The topological polar surface area (TPSA) is 56.4 Å². The van der Waals surface area contributed by atoms with E-state index in [1.165, 1.54) is 12.1 Å². The number of benzene rings is 1. The molecule has 0 aliphatic carbocycles. The predicted octanol–water partition coefficient (Wildman–Crippen LogP) is 1.58. The number of carbonyl (C=O) groups excluding carboxylic acids is 1. The number of halogens is 1. The molecule has 2 heterocycles. The van der Waals surface area contributed by atoms with E-state index >= 15 is 0 Å². The molecule has 2 saturated heterocycles. The summed E-state index contributed by atoms with van der Waals surface area (Å²) in [6, 6.07) is 6.31. The number of hydrogen-bond donors (Lipinski definition) is 3. The Morgan fingerprint density at radius 1 is 1.25 bits per heavy atom. The van der Waals surface area contributed by atoms with E-state index in [9.17, 15) is 9.18 Å². The number of nitrogens with zero attached hydrogens (tertiary/aromatic N) is 1. The van der Waals surface area contributed by atoms with E-state index in [-0.39, 0.29) is 23.8 Å². The second kappa shape index (κ2) is 8.05. The lowest BCUT2D eigenvalue weighted by Gasteiger charge is -2.33. The molecule has 0 bridgehead atoms. The fourth-order valence-electron chi connectivity index (χ4n) is 3.56. The summed E-state index contributed by atoms with van der Waals surface area (Å²) < 4.78 is 13.0. The monoisotopic (exact) mass is 334 g/mol. The van der Waals surface area contributed by atoms with Crippen molar-refractivity contribution >= 4 is 5.91 Å². The van der Waals surface area contributed by atoms with Crippen LogP contribution in [0.2, 0.25) is 0 Å². The maximum Gasteiger partial charge on any atom is 0.241 e. The van der Waals surface area contributed by atoms with Crippen LogP contribution in [0.1, 0.15) is 37.8 Å². The molecule has 2 unspecified atom stereocenters. The number of amides is 1. The fourth-order valence-corrected chi connectivity index (χ4v) is 3.56. The van der Waals surface area contributed by atoms with Crippen molar-refractivity contribution in [2.75, 3.05) is 26.2 Å².